The topological polar surface area (TPSA) is 61.6 Å². The van der Waals surface area contributed by atoms with Crippen molar-refractivity contribution in [2.45, 2.75) is 52.2 Å². The molecule has 7 heteroatoms. The SMILES string of the molecule is Cc1nc([C@H](C)N(C)C(=O)NC2CCN(Cc3ccco3)CC2)c(C)s1. The molecule has 1 aliphatic rings. The quantitative estimate of drug-likeness (QED) is 0.864. The third kappa shape index (κ3) is 4.45. The number of aromatic nitrogens is 1. The van der Waals surface area contributed by atoms with Gasteiger partial charge in [0.15, 0.2) is 0 Å². The van der Waals surface area contributed by atoms with Crippen molar-refractivity contribution >= 4 is 17.4 Å². The Hall–Kier alpha value is -1.86. The maximum absolute atomic E-state index is 12.6. The summed E-state index contributed by atoms with van der Waals surface area (Å²) in [5.74, 6) is 0.995. The first-order valence-corrected chi connectivity index (χ1v) is 9.97. The minimum absolute atomic E-state index is 0.0213. The Bertz CT molecular complexity index is 720. The highest BCUT2D eigenvalue weighted by molar-refractivity contribution is 7.11. The number of nitrogens with one attached hydrogen (secondary N) is 1. The Morgan fingerprint density at radius 2 is 2.19 bits per heavy atom. The van der Waals surface area contributed by atoms with Crippen LogP contribution in [-0.2, 0) is 6.54 Å². The fraction of sp³-hybridized carbons (Fsp3) is 0.579. The second kappa shape index (κ2) is 8.22. The van der Waals surface area contributed by atoms with Crippen molar-refractivity contribution in [2.24, 2.45) is 0 Å². The smallest absolute Gasteiger partial charge is 0.317 e. The molecule has 3 heterocycles. The van der Waals surface area contributed by atoms with E-state index in [1.54, 1.807) is 22.5 Å². The Kier molecular flexibility index (Phi) is 5.98. The number of carbonyl (C=O) groups is 1. The molecule has 1 aliphatic heterocycles. The van der Waals surface area contributed by atoms with Gasteiger partial charge >= 0.3 is 6.03 Å². The standard InChI is InChI=1S/C19H28N4O2S/c1-13(18-14(2)26-15(3)20-18)22(4)19(24)21-16-7-9-23(10-8-16)12-17-6-5-11-25-17/h5-6,11,13,16H,7-10,12H2,1-4H3,(H,21,24)/t13-/m0/s1. The largest absolute Gasteiger partial charge is 0.468 e. The molecule has 0 unspecified atom stereocenters. The van der Waals surface area contributed by atoms with E-state index in [-0.39, 0.29) is 18.1 Å². The second-order valence-corrected chi connectivity index (χ2v) is 8.45. The summed E-state index contributed by atoms with van der Waals surface area (Å²) >= 11 is 1.68. The van der Waals surface area contributed by atoms with E-state index in [1.807, 2.05) is 33.0 Å². The lowest BCUT2D eigenvalue weighted by Crippen LogP contribution is -2.48. The summed E-state index contributed by atoms with van der Waals surface area (Å²) in [6, 6.07) is 4.10. The highest BCUT2D eigenvalue weighted by Crippen LogP contribution is 2.26. The van der Waals surface area contributed by atoms with Gasteiger partial charge < -0.3 is 14.6 Å². The van der Waals surface area contributed by atoms with Gasteiger partial charge in [0, 0.05) is 31.1 Å². The van der Waals surface area contributed by atoms with Gasteiger partial charge in [-0.15, -0.1) is 11.3 Å². The van der Waals surface area contributed by atoms with Crippen LogP contribution >= 0.6 is 11.3 Å². The number of piperidine rings is 1. The number of likely N-dealkylation sites (tertiary alicyclic amines) is 1. The van der Waals surface area contributed by atoms with Gasteiger partial charge in [-0.25, -0.2) is 9.78 Å². The Balaban J connectivity index is 1.48. The molecule has 1 fully saturated rings. The molecule has 2 aromatic heterocycles. The summed E-state index contributed by atoms with van der Waals surface area (Å²) in [6.07, 6.45) is 3.64. The third-order valence-electron chi connectivity index (χ3n) is 5.11. The summed E-state index contributed by atoms with van der Waals surface area (Å²) in [5.41, 5.74) is 0.999. The van der Waals surface area contributed by atoms with E-state index in [1.165, 1.54) is 4.88 Å². The maximum atomic E-state index is 12.6. The van der Waals surface area contributed by atoms with E-state index in [9.17, 15) is 4.79 Å². The lowest BCUT2D eigenvalue weighted by molar-refractivity contribution is 0.161. The summed E-state index contributed by atoms with van der Waals surface area (Å²) in [7, 11) is 1.85. The number of carbonyl (C=O) groups excluding carboxylic acids is 1. The molecule has 1 N–H and O–H groups in total. The normalized spacial score (nSPS) is 17.2. The van der Waals surface area contributed by atoms with E-state index in [0.29, 0.717) is 0 Å². The predicted octanol–water partition coefficient (Wildman–Crippen LogP) is 3.72. The van der Waals surface area contributed by atoms with Crippen molar-refractivity contribution in [3.63, 3.8) is 0 Å². The molecular formula is C19H28N4O2S. The van der Waals surface area contributed by atoms with Gasteiger partial charge in [0.05, 0.1) is 29.6 Å². The molecule has 0 spiro atoms. The third-order valence-corrected chi connectivity index (χ3v) is 6.01. The van der Waals surface area contributed by atoms with Crippen LogP contribution in [0.3, 0.4) is 0 Å². The molecule has 1 atom stereocenters. The van der Waals surface area contributed by atoms with Crippen LogP contribution in [0.5, 0.6) is 0 Å². The van der Waals surface area contributed by atoms with E-state index < -0.39 is 0 Å². The second-order valence-electron chi connectivity index (χ2n) is 7.04. The minimum Gasteiger partial charge on any atom is -0.468 e. The molecule has 142 valence electrons. The maximum Gasteiger partial charge on any atom is 0.317 e. The number of hydrogen-bond acceptors (Lipinski definition) is 5. The van der Waals surface area contributed by atoms with Crippen LogP contribution in [0.25, 0.3) is 0 Å². The van der Waals surface area contributed by atoms with Crippen molar-refractivity contribution in [2.75, 3.05) is 20.1 Å². The zero-order chi connectivity index (χ0) is 18.7. The molecule has 26 heavy (non-hydrogen) atoms. The molecule has 3 rings (SSSR count). The molecule has 0 aliphatic carbocycles. The van der Waals surface area contributed by atoms with Crippen LogP contribution in [0.15, 0.2) is 22.8 Å². The first kappa shape index (κ1) is 18.9. The van der Waals surface area contributed by atoms with Gasteiger partial charge in [0.2, 0.25) is 0 Å². The van der Waals surface area contributed by atoms with Gasteiger partial charge in [0.1, 0.15) is 5.76 Å². The van der Waals surface area contributed by atoms with Gasteiger partial charge in [-0.05, 0) is 45.7 Å². The lowest BCUT2D eigenvalue weighted by atomic mass is 10.1. The van der Waals surface area contributed by atoms with Crippen molar-refractivity contribution in [3.05, 3.63) is 39.7 Å². The summed E-state index contributed by atoms with van der Waals surface area (Å²) in [4.78, 5) is 22.5. The number of nitrogens with zero attached hydrogens (tertiary/aromatic N) is 3. The number of amides is 2. The Morgan fingerprint density at radius 1 is 1.46 bits per heavy atom. The fourth-order valence-corrected chi connectivity index (χ4v) is 4.33. The summed E-state index contributed by atoms with van der Waals surface area (Å²) < 4.78 is 5.42. The van der Waals surface area contributed by atoms with Crippen LogP contribution in [0, 0.1) is 13.8 Å². The monoisotopic (exact) mass is 376 g/mol. The molecule has 2 amide bonds. The fourth-order valence-electron chi connectivity index (χ4n) is 3.43. The Labute approximate surface area is 159 Å². The summed E-state index contributed by atoms with van der Waals surface area (Å²) in [5, 5.41) is 4.23. The zero-order valence-electron chi connectivity index (χ0n) is 16.0. The lowest BCUT2D eigenvalue weighted by Gasteiger charge is -2.33. The van der Waals surface area contributed by atoms with E-state index in [0.717, 1.165) is 48.9 Å². The van der Waals surface area contributed by atoms with Gasteiger partial charge in [-0.1, -0.05) is 0 Å². The van der Waals surface area contributed by atoms with Crippen LogP contribution in [0.1, 0.15) is 47.1 Å². The average Bonchev–Trinajstić information content (AvgIpc) is 3.24. The molecule has 0 bridgehead atoms. The number of urea groups is 1. The number of rotatable bonds is 5. The van der Waals surface area contributed by atoms with Crippen LogP contribution in [0.4, 0.5) is 4.79 Å². The molecule has 2 aromatic rings. The minimum atomic E-state index is -0.0287. The van der Waals surface area contributed by atoms with Crippen molar-refractivity contribution in [1.29, 1.82) is 0 Å². The van der Waals surface area contributed by atoms with Gasteiger partial charge in [-0.3, -0.25) is 4.90 Å². The van der Waals surface area contributed by atoms with E-state index >= 15 is 0 Å². The number of hydrogen-bond donors (Lipinski definition) is 1. The van der Waals surface area contributed by atoms with Crippen LogP contribution in [0.2, 0.25) is 0 Å². The first-order chi connectivity index (χ1) is 12.4. The van der Waals surface area contributed by atoms with E-state index in [4.69, 9.17) is 4.42 Å². The van der Waals surface area contributed by atoms with Crippen molar-refractivity contribution in [1.82, 2.24) is 20.1 Å². The molecule has 0 radical (unpaired) electrons. The highest BCUT2D eigenvalue weighted by atomic mass is 32.1. The average molecular weight is 377 g/mol. The number of aryl methyl sites for hydroxylation is 2. The number of thiazole rings is 1. The zero-order valence-corrected chi connectivity index (χ0v) is 16.8. The van der Waals surface area contributed by atoms with Gasteiger partial charge in [-0.2, -0.15) is 0 Å². The molecule has 1 saturated heterocycles. The van der Waals surface area contributed by atoms with Crippen molar-refractivity contribution < 1.29 is 9.21 Å². The van der Waals surface area contributed by atoms with Crippen LogP contribution in [-0.4, -0.2) is 47.0 Å². The van der Waals surface area contributed by atoms with Crippen molar-refractivity contribution in [3.8, 4) is 0 Å². The summed E-state index contributed by atoms with van der Waals surface area (Å²) in [6.45, 7) is 8.88. The van der Waals surface area contributed by atoms with E-state index in [2.05, 4.69) is 22.1 Å². The molecular weight excluding hydrogens is 348 g/mol. The van der Waals surface area contributed by atoms with Gasteiger partial charge in [0.25, 0.3) is 0 Å². The highest BCUT2D eigenvalue weighted by Gasteiger charge is 2.26. The first-order valence-electron chi connectivity index (χ1n) is 9.16. The molecule has 6 nitrogen and oxygen atoms in total. The molecule has 0 aromatic carbocycles. The number of furan rings is 1. The van der Waals surface area contributed by atoms with Crippen LogP contribution < -0.4 is 5.32 Å². The molecule has 0 saturated carbocycles. The predicted molar refractivity (Wildman–Crippen MR) is 103 cm³/mol. The Morgan fingerprint density at radius 3 is 2.77 bits per heavy atom.